The Hall–Kier alpha value is -0.410. The summed E-state index contributed by atoms with van der Waals surface area (Å²) in [5.41, 5.74) is -0.921. The fourth-order valence-corrected chi connectivity index (χ4v) is 4.30. The molecule has 0 amide bonds. The highest BCUT2D eigenvalue weighted by atomic mass is 16.5. The van der Waals surface area contributed by atoms with Gasteiger partial charge in [-0.15, -0.1) is 0 Å². The molecule has 1 saturated carbocycles. The summed E-state index contributed by atoms with van der Waals surface area (Å²) >= 11 is 0. The van der Waals surface area contributed by atoms with Crippen LogP contribution in [-0.2, 0) is 9.53 Å². The molecule has 18 heavy (non-hydrogen) atoms. The Bertz CT molecular complexity index is 375. The molecule has 3 rings (SSSR count). The Labute approximate surface area is 110 Å². The normalized spacial score (nSPS) is 41.8. The first kappa shape index (κ1) is 12.6. The predicted octanol–water partition coefficient (Wildman–Crippen LogP) is 2.24. The summed E-state index contributed by atoms with van der Waals surface area (Å²) in [7, 11) is 0. The number of hydrogen-bond acceptors (Lipinski definition) is 3. The minimum atomic E-state index is -0.604. The summed E-state index contributed by atoms with van der Waals surface area (Å²) in [6.07, 6.45) is 4.08. The lowest BCUT2D eigenvalue weighted by Gasteiger charge is -2.33. The zero-order valence-corrected chi connectivity index (χ0v) is 12.0. The maximum Gasteiger partial charge on any atom is 0.171 e. The number of ether oxygens (including phenoxy) is 1. The molecule has 0 aromatic heterocycles. The van der Waals surface area contributed by atoms with E-state index in [0.29, 0.717) is 0 Å². The lowest BCUT2D eigenvalue weighted by atomic mass is 9.85. The molecule has 0 spiro atoms. The lowest BCUT2D eigenvalue weighted by Crippen LogP contribution is -2.44. The summed E-state index contributed by atoms with van der Waals surface area (Å²) in [4.78, 5) is 15.0. The standard InChI is InChI=1S/C15H25NO2/c1-14(2)12(13(17)15(3,4)18-14)9-16-8-10-5-6-11(16)7-10/h10-12H,5-9H2,1-4H3. The Balaban J connectivity index is 1.74. The second-order valence-corrected chi connectivity index (χ2v) is 7.42. The van der Waals surface area contributed by atoms with Crippen molar-refractivity contribution in [3.05, 3.63) is 0 Å². The molecule has 3 fully saturated rings. The van der Waals surface area contributed by atoms with Gasteiger partial charge in [0.15, 0.2) is 5.78 Å². The van der Waals surface area contributed by atoms with E-state index in [1.165, 1.54) is 25.8 Å². The van der Waals surface area contributed by atoms with E-state index in [1.54, 1.807) is 0 Å². The summed E-state index contributed by atoms with van der Waals surface area (Å²) in [5.74, 6) is 1.21. The molecule has 3 atom stereocenters. The van der Waals surface area contributed by atoms with Crippen molar-refractivity contribution < 1.29 is 9.53 Å². The van der Waals surface area contributed by atoms with Crippen molar-refractivity contribution >= 4 is 5.78 Å². The molecule has 2 aliphatic heterocycles. The molecule has 0 aromatic rings. The van der Waals surface area contributed by atoms with Crippen LogP contribution in [-0.4, -0.2) is 41.0 Å². The molecule has 2 saturated heterocycles. The third kappa shape index (κ3) is 1.83. The fourth-order valence-electron chi connectivity index (χ4n) is 4.30. The predicted molar refractivity (Wildman–Crippen MR) is 70.4 cm³/mol. The van der Waals surface area contributed by atoms with E-state index < -0.39 is 5.60 Å². The van der Waals surface area contributed by atoms with Crippen LogP contribution in [0.25, 0.3) is 0 Å². The van der Waals surface area contributed by atoms with Crippen LogP contribution in [0.3, 0.4) is 0 Å². The van der Waals surface area contributed by atoms with Gasteiger partial charge in [-0.1, -0.05) is 0 Å². The van der Waals surface area contributed by atoms with E-state index in [9.17, 15) is 4.79 Å². The topological polar surface area (TPSA) is 29.5 Å². The first-order valence-electron chi connectivity index (χ1n) is 7.28. The van der Waals surface area contributed by atoms with Gasteiger partial charge in [0.1, 0.15) is 5.60 Å². The van der Waals surface area contributed by atoms with Crippen LogP contribution in [0.15, 0.2) is 0 Å². The number of nitrogens with zero attached hydrogens (tertiary/aromatic N) is 1. The molecular weight excluding hydrogens is 226 g/mol. The van der Waals surface area contributed by atoms with Crippen LogP contribution in [0.1, 0.15) is 47.0 Å². The number of likely N-dealkylation sites (tertiary alicyclic amines) is 1. The first-order valence-corrected chi connectivity index (χ1v) is 7.28. The molecule has 3 nitrogen and oxygen atoms in total. The molecule has 2 bridgehead atoms. The number of ketones is 1. The first-order chi connectivity index (χ1) is 8.29. The van der Waals surface area contributed by atoms with Crippen molar-refractivity contribution in [3.63, 3.8) is 0 Å². The number of carbonyl (C=O) groups is 1. The Morgan fingerprint density at radius 3 is 2.44 bits per heavy atom. The van der Waals surface area contributed by atoms with Gasteiger partial charge in [-0.2, -0.15) is 0 Å². The molecule has 0 aromatic carbocycles. The van der Waals surface area contributed by atoms with E-state index in [4.69, 9.17) is 4.74 Å². The zero-order chi connectivity index (χ0) is 13.1. The van der Waals surface area contributed by atoms with Crippen LogP contribution in [0, 0.1) is 11.8 Å². The van der Waals surface area contributed by atoms with Crippen LogP contribution in [0.5, 0.6) is 0 Å². The van der Waals surface area contributed by atoms with E-state index in [2.05, 4.69) is 18.7 Å². The van der Waals surface area contributed by atoms with Gasteiger partial charge in [0, 0.05) is 19.1 Å². The molecule has 3 heteroatoms. The van der Waals surface area contributed by atoms with Crippen molar-refractivity contribution in [2.45, 2.75) is 64.2 Å². The Kier molecular flexibility index (Phi) is 2.66. The molecular formula is C15H25NO2. The van der Waals surface area contributed by atoms with E-state index in [1.807, 2.05) is 13.8 Å². The minimum absolute atomic E-state index is 0.0341. The zero-order valence-electron chi connectivity index (χ0n) is 12.0. The summed E-state index contributed by atoms with van der Waals surface area (Å²) in [6.45, 7) is 10.1. The van der Waals surface area contributed by atoms with Crippen LogP contribution < -0.4 is 0 Å². The molecule has 102 valence electrons. The number of rotatable bonds is 2. The Morgan fingerprint density at radius 2 is 2.00 bits per heavy atom. The average Bonchev–Trinajstić information content (AvgIpc) is 2.87. The smallest absolute Gasteiger partial charge is 0.171 e. The number of piperidine rings is 1. The van der Waals surface area contributed by atoms with Gasteiger partial charge in [-0.25, -0.2) is 0 Å². The minimum Gasteiger partial charge on any atom is -0.361 e. The molecule has 2 heterocycles. The highest BCUT2D eigenvalue weighted by Crippen LogP contribution is 2.43. The summed E-state index contributed by atoms with van der Waals surface area (Å²) in [6, 6.07) is 0.738. The van der Waals surface area contributed by atoms with Gasteiger partial charge >= 0.3 is 0 Å². The summed E-state index contributed by atoms with van der Waals surface area (Å²) in [5, 5.41) is 0. The second kappa shape index (κ2) is 3.80. The average molecular weight is 251 g/mol. The van der Waals surface area contributed by atoms with Crippen LogP contribution in [0.4, 0.5) is 0 Å². The third-order valence-corrected chi connectivity index (χ3v) is 5.21. The van der Waals surface area contributed by atoms with Gasteiger partial charge in [0.25, 0.3) is 0 Å². The maximum absolute atomic E-state index is 12.5. The van der Waals surface area contributed by atoms with Gasteiger partial charge in [0.05, 0.1) is 11.5 Å². The van der Waals surface area contributed by atoms with Gasteiger partial charge in [0.2, 0.25) is 0 Å². The lowest BCUT2D eigenvalue weighted by molar-refractivity contribution is -0.132. The number of carbonyl (C=O) groups excluding carboxylic acids is 1. The molecule has 1 aliphatic carbocycles. The monoisotopic (exact) mass is 251 g/mol. The maximum atomic E-state index is 12.5. The van der Waals surface area contributed by atoms with Crippen LogP contribution in [0.2, 0.25) is 0 Å². The fraction of sp³-hybridized carbons (Fsp3) is 0.933. The third-order valence-electron chi connectivity index (χ3n) is 5.21. The van der Waals surface area contributed by atoms with E-state index >= 15 is 0 Å². The molecule has 3 unspecified atom stereocenters. The molecule has 3 aliphatic rings. The Morgan fingerprint density at radius 1 is 1.28 bits per heavy atom. The quantitative estimate of drug-likeness (QED) is 0.754. The second-order valence-electron chi connectivity index (χ2n) is 7.42. The SMILES string of the molecule is CC1(C)OC(C)(C)C(CN2CC3CCC2C3)C1=O. The van der Waals surface area contributed by atoms with Crippen molar-refractivity contribution in [2.75, 3.05) is 13.1 Å². The number of Topliss-reactive ketones (excluding diaryl/α,β-unsaturated/α-hetero) is 1. The van der Waals surface area contributed by atoms with Gasteiger partial charge < -0.3 is 4.74 Å². The van der Waals surface area contributed by atoms with Crippen LogP contribution >= 0.6 is 0 Å². The van der Waals surface area contributed by atoms with Crippen molar-refractivity contribution in [1.29, 1.82) is 0 Å². The summed E-state index contributed by atoms with van der Waals surface area (Å²) < 4.78 is 5.98. The van der Waals surface area contributed by atoms with Crippen molar-refractivity contribution in [1.82, 2.24) is 4.90 Å². The van der Waals surface area contributed by atoms with E-state index in [-0.39, 0.29) is 17.3 Å². The number of fused-ring (bicyclic) bond motifs is 2. The highest BCUT2D eigenvalue weighted by molar-refractivity contribution is 5.91. The van der Waals surface area contributed by atoms with Gasteiger partial charge in [-0.3, -0.25) is 9.69 Å². The van der Waals surface area contributed by atoms with Crippen molar-refractivity contribution in [2.24, 2.45) is 11.8 Å². The molecule has 0 radical (unpaired) electrons. The highest BCUT2D eigenvalue weighted by Gasteiger charge is 2.54. The molecule has 0 N–H and O–H groups in total. The number of hydrogen-bond donors (Lipinski definition) is 0. The largest absolute Gasteiger partial charge is 0.361 e. The van der Waals surface area contributed by atoms with Gasteiger partial charge in [-0.05, 0) is 52.9 Å². The van der Waals surface area contributed by atoms with Crippen molar-refractivity contribution in [3.8, 4) is 0 Å². The van der Waals surface area contributed by atoms with E-state index in [0.717, 1.165) is 18.5 Å².